The minimum Gasteiger partial charge on any atom is -0.493 e. The molecule has 0 saturated carbocycles. The van der Waals surface area contributed by atoms with Crippen LogP contribution in [0.25, 0.3) is 22.2 Å². The molecule has 6 heteroatoms. The number of hydrogen-bond acceptors (Lipinski definition) is 5. The molecule has 0 aliphatic rings. The third-order valence-electron chi connectivity index (χ3n) is 5.83. The highest BCUT2D eigenvalue weighted by atomic mass is 16.5. The summed E-state index contributed by atoms with van der Waals surface area (Å²) in [7, 11) is 1.59. The minimum absolute atomic E-state index is 0.318. The molecule has 5 rings (SSSR count). The molecule has 1 amide bonds. The summed E-state index contributed by atoms with van der Waals surface area (Å²) in [5.41, 5.74) is 7.38. The zero-order valence-corrected chi connectivity index (χ0v) is 20.3. The SMILES string of the molecule is COc1cc(/C=N\NC(=O)c2cc(-c3ccccc3)nc3ccccc23)ccc1OCc1ccccc1. The first-order valence-corrected chi connectivity index (χ1v) is 11.8. The molecule has 0 atom stereocenters. The highest BCUT2D eigenvalue weighted by molar-refractivity contribution is 6.07. The zero-order chi connectivity index (χ0) is 25.5. The van der Waals surface area contributed by atoms with E-state index in [0.717, 1.165) is 33.3 Å². The number of hydrogen-bond donors (Lipinski definition) is 1. The summed E-state index contributed by atoms with van der Waals surface area (Å²) in [6.45, 7) is 0.436. The number of methoxy groups -OCH3 is 1. The van der Waals surface area contributed by atoms with Gasteiger partial charge >= 0.3 is 0 Å². The number of benzene rings is 4. The largest absolute Gasteiger partial charge is 0.493 e. The predicted molar refractivity (Wildman–Crippen MR) is 146 cm³/mol. The Bertz CT molecular complexity index is 1550. The second-order valence-electron chi connectivity index (χ2n) is 8.32. The summed E-state index contributed by atoms with van der Waals surface area (Å²) in [6.07, 6.45) is 1.57. The molecule has 0 aliphatic heterocycles. The average Bonchev–Trinajstić information content (AvgIpc) is 2.96. The Balaban J connectivity index is 1.33. The van der Waals surface area contributed by atoms with Gasteiger partial charge in [0.25, 0.3) is 5.91 Å². The number of para-hydroxylation sites is 1. The normalized spacial score (nSPS) is 10.9. The summed E-state index contributed by atoms with van der Waals surface area (Å²) >= 11 is 0. The Morgan fingerprint density at radius 2 is 1.59 bits per heavy atom. The predicted octanol–water partition coefficient (Wildman–Crippen LogP) is 6.25. The van der Waals surface area contributed by atoms with Crippen LogP contribution in [-0.4, -0.2) is 24.2 Å². The van der Waals surface area contributed by atoms with Crippen molar-refractivity contribution in [3.05, 3.63) is 126 Å². The number of carbonyl (C=O) groups excluding carboxylic acids is 1. The lowest BCUT2D eigenvalue weighted by Gasteiger charge is -2.11. The van der Waals surface area contributed by atoms with Crippen LogP contribution < -0.4 is 14.9 Å². The van der Waals surface area contributed by atoms with E-state index in [1.807, 2.05) is 103 Å². The Kier molecular flexibility index (Phi) is 7.18. The Hall–Kier alpha value is -4.97. The first-order chi connectivity index (χ1) is 18.2. The standard InChI is InChI=1S/C31H25N3O3/c1-36-30-18-23(16-17-29(30)37-21-22-10-4-2-5-11-22)20-32-34-31(35)26-19-28(24-12-6-3-7-13-24)33-27-15-9-8-14-25(26)27/h2-20H,21H2,1H3,(H,34,35)/b32-20-. The number of ether oxygens (including phenoxy) is 2. The van der Waals surface area contributed by atoms with Crippen molar-refractivity contribution >= 4 is 23.0 Å². The van der Waals surface area contributed by atoms with Crippen LogP contribution in [0, 0.1) is 0 Å². The van der Waals surface area contributed by atoms with Gasteiger partial charge in [-0.2, -0.15) is 5.10 Å². The van der Waals surface area contributed by atoms with Crippen molar-refractivity contribution in [1.29, 1.82) is 0 Å². The van der Waals surface area contributed by atoms with E-state index in [1.54, 1.807) is 19.4 Å². The van der Waals surface area contributed by atoms with Gasteiger partial charge in [0.1, 0.15) is 6.61 Å². The number of nitrogens with zero attached hydrogens (tertiary/aromatic N) is 2. The third-order valence-corrected chi connectivity index (χ3v) is 5.83. The fraction of sp³-hybridized carbons (Fsp3) is 0.0645. The van der Waals surface area contributed by atoms with Gasteiger partial charge in [-0.15, -0.1) is 0 Å². The molecule has 4 aromatic carbocycles. The molecule has 0 radical (unpaired) electrons. The number of hydrazone groups is 1. The van der Waals surface area contributed by atoms with Crippen molar-refractivity contribution in [1.82, 2.24) is 10.4 Å². The van der Waals surface area contributed by atoms with Gasteiger partial charge in [0, 0.05) is 10.9 Å². The van der Waals surface area contributed by atoms with Crippen molar-refractivity contribution in [2.75, 3.05) is 7.11 Å². The van der Waals surface area contributed by atoms with Crippen LogP contribution >= 0.6 is 0 Å². The van der Waals surface area contributed by atoms with Gasteiger partial charge in [-0.3, -0.25) is 4.79 Å². The van der Waals surface area contributed by atoms with E-state index in [4.69, 9.17) is 14.5 Å². The quantitative estimate of drug-likeness (QED) is 0.207. The fourth-order valence-electron chi connectivity index (χ4n) is 3.96. The lowest BCUT2D eigenvalue weighted by molar-refractivity contribution is 0.0956. The highest BCUT2D eigenvalue weighted by Crippen LogP contribution is 2.28. The van der Waals surface area contributed by atoms with Crippen LogP contribution in [0.1, 0.15) is 21.5 Å². The molecule has 182 valence electrons. The first kappa shape index (κ1) is 23.8. The van der Waals surface area contributed by atoms with Crippen molar-refractivity contribution in [2.24, 2.45) is 5.10 Å². The summed E-state index contributed by atoms with van der Waals surface area (Å²) in [5.74, 6) is 0.893. The van der Waals surface area contributed by atoms with Crippen molar-refractivity contribution < 1.29 is 14.3 Å². The van der Waals surface area contributed by atoms with E-state index < -0.39 is 0 Å². The molecular formula is C31H25N3O3. The van der Waals surface area contributed by atoms with Gasteiger partial charge in [-0.05, 0) is 41.5 Å². The number of nitrogens with one attached hydrogen (secondary N) is 1. The van der Waals surface area contributed by atoms with Crippen molar-refractivity contribution in [3.8, 4) is 22.8 Å². The summed E-state index contributed by atoms with van der Waals surface area (Å²) in [5, 5.41) is 4.95. The van der Waals surface area contributed by atoms with Gasteiger partial charge in [0.2, 0.25) is 0 Å². The van der Waals surface area contributed by atoms with Crippen LogP contribution in [0.15, 0.2) is 114 Å². The Labute approximate surface area is 215 Å². The van der Waals surface area contributed by atoms with Crippen LogP contribution in [0.5, 0.6) is 11.5 Å². The van der Waals surface area contributed by atoms with E-state index >= 15 is 0 Å². The molecule has 1 N–H and O–H groups in total. The van der Waals surface area contributed by atoms with Gasteiger partial charge in [-0.1, -0.05) is 78.9 Å². The molecule has 0 bridgehead atoms. The lowest BCUT2D eigenvalue weighted by atomic mass is 10.0. The fourth-order valence-corrected chi connectivity index (χ4v) is 3.96. The number of fused-ring (bicyclic) bond motifs is 1. The highest BCUT2D eigenvalue weighted by Gasteiger charge is 2.13. The average molecular weight is 488 g/mol. The second-order valence-corrected chi connectivity index (χ2v) is 8.32. The molecular weight excluding hydrogens is 462 g/mol. The second kappa shape index (κ2) is 11.2. The van der Waals surface area contributed by atoms with Crippen LogP contribution in [0.2, 0.25) is 0 Å². The Morgan fingerprint density at radius 3 is 2.38 bits per heavy atom. The number of pyridine rings is 1. The molecule has 6 nitrogen and oxygen atoms in total. The number of carbonyl (C=O) groups is 1. The van der Waals surface area contributed by atoms with E-state index in [0.29, 0.717) is 23.7 Å². The first-order valence-electron chi connectivity index (χ1n) is 11.8. The smallest absolute Gasteiger partial charge is 0.272 e. The maximum atomic E-state index is 13.1. The number of aromatic nitrogens is 1. The topological polar surface area (TPSA) is 72.8 Å². The monoisotopic (exact) mass is 487 g/mol. The Morgan fingerprint density at radius 1 is 0.865 bits per heavy atom. The van der Waals surface area contributed by atoms with Gasteiger partial charge in [0.15, 0.2) is 11.5 Å². The van der Waals surface area contributed by atoms with Crippen LogP contribution in [0.3, 0.4) is 0 Å². The molecule has 37 heavy (non-hydrogen) atoms. The van der Waals surface area contributed by atoms with Crippen LogP contribution in [0.4, 0.5) is 0 Å². The summed E-state index contributed by atoms with van der Waals surface area (Å²) in [6, 6.07) is 34.6. The summed E-state index contributed by atoms with van der Waals surface area (Å²) in [4.78, 5) is 17.9. The van der Waals surface area contributed by atoms with E-state index in [9.17, 15) is 4.79 Å². The molecule has 1 heterocycles. The molecule has 1 aromatic heterocycles. The van der Waals surface area contributed by atoms with Crippen molar-refractivity contribution in [2.45, 2.75) is 6.61 Å². The van der Waals surface area contributed by atoms with E-state index in [1.165, 1.54) is 0 Å². The molecule has 0 unspecified atom stereocenters. The third kappa shape index (κ3) is 5.65. The maximum absolute atomic E-state index is 13.1. The maximum Gasteiger partial charge on any atom is 0.272 e. The van der Waals surface area contributed by atoms with Gasteiger partial charge < -0.3 is 9.47 Å². The summed E-state index contributed by atoms with van der Waals surface area (Å²) < 4.78 is 11.4. The minimum atomic E-state index is -0.318. The van der Waals surface area contributed by atoms with Crippen molar-refractivity contribution in [3.63, 3.8) is 0 Å². The number of amides is 1. The molecule has 0 aliphatic carbocycles. The van der Waals surface area contributed by atoms with Gasteiger partial charge in [0.05, 0.1) is 30.1 Å². The van der Waals surface area contributed by atoms with Gasteiger partial charge in [-0.25, -0.2) is 10.4 Å². The van der Waals surface area contributed by atoms with Crippen LogP contribution in [-0.2, 0) is 6.61 Å². The molecule has 0 fully saturated rings. The molecule has 0 saturated heterocycles. The molecule has 0 spiro atoms. The number of rotatable bonds is 8. The molecule has 5 aromatic rings. The lowest BCUT2D eigenvalue weighted by Crippen LogP contribution is -2.18. The zero-order valence-electron chi connectivity index (χ0n) is 20.3. The van der Waals surface area contributed by atoms with E-state index in [2.05, 4.69) is 10.5 Å². The van der Waals surface area contributed by atoms with E-state index in [-0.39, 0.29) is 5.91 Å².